The minimum absolute atomic E-state index is 0.0596. The molecule has 4 heteroatoms. The van der Waals surface area contributed by atoms with Crippen molar-refractivity contribution in [1.29, 1.82) is 0 Å². The highest BCUT2D eigenvalue weighted by Gasteiger charge is 2.23. The van der Waals surface area contributed by atoms with Gasteiger partial charge < -0.3 is 11.1 Å². The summed E-state index contributed by atoms with van der Waals surface area (Å²) in [5, 5.41) is 3.02. The van der Waals surface area contributed by atoms with Crippen LogP contribution >= 0.6 is 0 Å². The zero-order valence-corrected chi connectivity index (χ0v) is 14.3. The molecule has 0 heterocycles. The van der Waals surface area contributed by atoms with Crippen LogP contribution in [0.25, 0.3) is 0 Å². The van der Waals surface area contributed by atoms with E-state index in [0.29, 0.717) is 5.69 Å². The van der Waals surface area contributed by atoms with Crippen molar-refractivity contribution < 1.29 is 4.79 Å². The fourth-order valence-electron chi connectivity index (χ4n) is 2.55. The van der Waals surface area contributed by atoms with E-state index in [2.05, 4.69) is 31.0 Å². The number of nitrogens with two attached hydrogens (primary N) is 1. The van der Waals surface area contributed by atoms with Gasteiger partial charge in [0.15, 0.2) is 0 Å². The summed E-state index contributed by atoms with van der Waals surface area (Å²) in [6.45, 7) is 8.44. The second kappa shape index (κ2) is 10.2. The smallest absolute Gasteiger partial charge is 0.241 e. The average Bonchev–Trinajstić information content (AvgIpc) is 2.52. The minimum atomic E-state index is -0.0596. The number of anilines is 2. The molecule has 0 fully saturated rings. The van der Waals surface area contributed by atoms with Crippen LogP contribution < -0.4 is 11.1 Å². The molecule has 124 valence electrons. The van der Waals surface area contributed by atoms with Crippen molar-refractivity contribution in [3.8, 4) is 0 Å². The number of amides is 1. The van der Waals surface area contributed by atoms with Crippen molar-refractivity contribution in [2.75, 3.05) is 24.1 Å². The predicted molar refractivity (Wildman–Crippen MR) is 95.0 cm³/mol. The molecule has 0 saturated carbocycles. The number of hydrogen-bond acceptors (Lipinski definition) is 3. The summed E-state index contributed by atoms with van der Waals surface area (Å²) >= 11 is 0. The van der Waals surface area contributed by atoms with E-state index in [9.17, 15) is 4.79 Å². The number of carbonyl (C=O) groups excluding carboxylic acids is 1. The Balaban J connectivity index is 2.71. The third kappa shape index (κ3) is 6.06. The molecule has 1 unspecified atom stereocenters. The molecular formula is C18H31N3O. The largest absolute Gasteiger partial charge is 0.399 e. The molecule has 1 aromatic rings. The molecule has 0 aromatic heterocycles. The van der Waals surface area contributed by atoms with Gasteiger partial charge in [0.25, 0.3) is 0 Å². The van der Waals surface area contributed by atoms with Crippen LogP contribution in [0.4, 0.5) is 11.4 Å². The Morgan fingerprint density at radius 2 is 1.64 bits per heavy atom. The summed E-state index contributed by atoms with van der Waals surface area (Å²) in [7, 11) is 0. The maximum atomic E-state index is 12.6. The zero-order valence-electron chi connectivity index (χ0n) is 14.3. The van der Waals surface area contributed by atoms with Crippen LogP contribution in [-0.4, -0.2) is 29.9 Å². The Morgan fingerprint density at radius 1 is 1.09 bits per heavy atom. The molecule has 1 rings (SSSR count). The second-order valence-corrected chi connectivity index (χ2v) is 5.78. The number of nitrogen functional groups attached to an aromatic ring is 1. The van der Waals surface area contributed by atoms with E-state index in [0.717, 1.165) is 50.9 Å². The summed E-state index contributed by atoms with van der Waals surface area (Å²) in [4.78, 5) is 14.9. The molecule has 4 nitrogen and oxygen atoms in total. The average molecular weight is 305 g/mol. The molecule has 3 N–H and O–H groups in total. The van der Waals surface area contributed by atoms with Crippen molar-refractivity contribution in [1.82, 2.24) is 4.90 Å². The Kier molecular flexibility index (Phi) is 8.60. The lowest BCUT2D eigenvalue weighted by atomic mass is 10.1. The number of unbranched alkanes of at least 4 members (excludes halogenated alkanes) is 2. The molecule has 22 heavy (non-hydrogen) atoms. The first-order chi connectivity index (χ1) is 10.6. The van der Waals surface area contributed by atoms with Crippen LogP contribution in [0.5, 0.6) is 0 Å². The van der Waals surface area contributed by atoms with Crippen molar-refractivity contribution in [2.24, 2.45) is 0 Å². The van der Waals surface area contributed by atoms with Crippen LogP contribution in [0.3, 0.4) is 0 Å². The quantitative estimate of drug-likeness (QED) is 0.645. The Bertz CT molecular complexity index is 422. The number of nitrogens with zero attached hydrogens (tertiary/aromatic N) is 1. The molecule has 0 saturated heterocycles. The maximum Gasteiger partial charge on any atom is 0.241 e. The molecule has 0 bridgehead atoms. The molecule has 0 aliphatic carbocycles. The van der Waals surface area contributed by atoms with Crippen molar-refractivity contribution in [3.05, 3.63) is 24.3 Å². The van der Waals surface area contributed by atoms with Crippen LogP contribution in [0.2, 0.25) is 0 Å². The van der Waals surface area contributed by atoms with Gasteiger partial charge in [-0.05, 0) is 56.6 Å². The summed E-state index contributed by atoms with van der Waals surface area (Å²) in [6, 6.07) is 7.26. The Labute approximate surface area is 135 Å². The van der Waals surface area contributed by atoms with E-state index >= 15 is 0 Å². The summed E-state index contributed by atoms with van der Waals surface area (Å²) < 4.78 is 0. The second-order valence-electron chi connectivity index (χ2n) is 5.78. The normalized spacial score (nSPS) is 12.4. The fourth-order valence-corrected chi connectivity index (χ4v) is 2.55. The first-order valence-electron chi connectivity index (χ1n) is 8.52. The first-order valence-corrected chi connectivity index (χ1v) is 8.52. The molecule has 1 aromatic carbocycles. The number of nitrogens with one attached hydrogen (secondary N) is 1. The highest BCUT2D eigenvalue weighted by Crippen LogP contribution is 2.14. The first kappa shape index (κ1) is 18.5. The topological polar surface area (TPSA) is 58.4 Å². The SMILES string of the molecule is CCCCN(CCCC)C(CC)C(=O)Nc1ccc(N)cc1. The molecule has 0 aliphatic heterocycles. The summed E-state index contributed by atoms with van der Waals surface area (Å²) in [5.74, 6) is 0.0828. The standard InChI is InChI=1S/C18H31N3O/c1-4-7-13-21(14-8-5-2)17(6-3)18(22)20-16-11-9-15(19)10-12-16/h9-12,17H,4-8,13-14,19H2,1-3H3,(H,20,22). The lowest BCUT2D eigenvalue weighted by Crippen LogP contribution is -2.44. The van der Waals surface area contributed by atoms with Gasteiger partial charge in [-0.25, -0.2) is 0 Å². The van der Waals surface area contributed by atoms with Crippen LogP contribution in [-0.2, 0) is 4.79 Å². The summed E-state index contributed by atoms with van der Waals surface area (Å²) in [6.07, 6.45) is 5.40. The van der Waals surface area contributed by atoms with Gasteiger partial charge in [0, 0.05) is 11.4 Å². The van der Waals surface area contributed by atoms with Gasteiger partial charge in [0.1, 0.15) is 0 Å². The predicted octanol–water partition coefficient (Wildman–Crippen LogP) is 3.89. The van der Waals surface area contributed by atoms with E-state index in [4.69, 9.17) is 5.73 Å². The van der Waals surface area contributed by atoms with E-state index in [1.54, 1.807) is 0 Å². The van der Waals surface area contributed by atoms with Crippen LogP contribution in [0, 0.1) is 0 Å². The Morgan fingerprint density at radius 3 is 2.09 bits per heavy atom. The van der Waals surface area contributed by atoms with Gasteiger partial charge in [0.05, 0.1) is 6.04 Å². The van der Waals surface area contributed by atoms with Gasteiger partial charge in [-0.3, -0.25) is 9.69 Å². The minimum Gasteiger partial charge on any atom is -0.399 e. The Hall–Kier alpha value is -1.55. The van der Waals surface area contributed by atoms with Crippen molar-refractivity contribution >= 4 is 17.3 Å². The number of carbonyl (C=O) groups is 1. The highest BCUT2D eigenvalue weighted by molar-refractivity contribution is 5.94. The molecule has 1 amide bonds. The lowest BCUT2D eigenvalue weighted by molar-refractivity contribution is -0.121. The molecule has 0 spiro atoms. The van der Waals surface area contributed by atoms with E-state index in [-0.39, 0.29) is 11.9 Å². The van der Waals surface area contributed by atoms with Gasteiger partial charge in [-0.15, -0.1) is 0 Å². The van der Waals surface area contributed by atoms with Gasteiger partial charge >= 0.3 is 0 Å². The van der Waals surface area contributed by atoms with E-state index in [1.807, 2.05) is 24.3 Å². The van der Waals surface area contributed by atoms with Crippen LogP contribution in [0.15, 0.2) is 24.3 Å². The van der Waals surface area contributed by atoms with Crippen molar-refractivity contribution in [2.45, 2.75) is 58.9 Å². The van der Waals surface area contributed by atoms with Crippen LogP contribution in [0.1, 0.15) is 52.9 Å². The van der Waals surface area contributed by atoms with Gasteiger partial charge in [0.2, 0.25) is 5.91 Å². The molecule has 0 radical (unpaired) electrons. The lowest BCUT2D eigenvalue weighted by Gasteiger charge is -2.30. The third-order valence-electron chi connectivity index (χ3n) is 3.91. The fraction of sp³-hybridized carbons (Fsp3) is 0.611. The highest BCUT2D eigenvalue weighted by atomic mass is 16.2. The van der Waals surface area contributed by atoms with Gasteiger partial charge in [-0.1, -0.05) is 33.6 Å². The van der Waals surface area contributed by atoms with Crippen molar-refractivity contribution in [3.63, 3.8) is 0 Å². The third-order valence-corrected chi connectivity index (χ3v) is 3.91. The summed E-state index contributed by atoms with van der Waals surface area (Å²) in [5.41, 5.74) is 7.20. The van der Waals surface area contributed by atoms with Gasteiger partial charge in [-0.2, -0.15) is 0 Å². The van der Waals surface area contributed by atoms with E-state index in [1.165, 1.54) is 0 Å². The maximum absolute atomic E-state index is 12.6. The molecular weight excluding hydrogens is 274 g/mol. The monoisotopic (exact) mass is 305 g/mol. The molecule has 0 aliphatic rings. The number of rotatable bonds is 10. The number of hydrogen-bond donors (Lipinski definition) is 2. The zero-order chi connectivity index (χ0) is 16.4. The molecule has 1 atom stereocenters. The van der Waals surface area contributed by atoms with E-state index < -0.39 is 0 Å². The number of benzene rings is 1.